The number of rotatable bonds is 7. The number of hydrogen-bond donors (Lipinski definition) is 3. The second-order valence-corrected chi connectivity index (χ2v) is 4.42. The van der Waals surface area contributed by atoms with Crippen LogP contribution in [0.3, 0.4) is 0 Å². The first-order chi connectivity index (χ1) is 9.52. The van der Waals surface area contributed by atoms with Crippen molar-refractivity contribution in [1.29, 1.82) is 0 Å². The summed E-state index contributed by atoms with van der Waals surface area (Å²) in [6, 6.07) is 5.43. The molecule has 0 aliphatic rings. The van der Waals surface area contributed by atoms with Gasteiger partial charge in [-0.3, -0.25) is 4.79 Å². The molecule has 0 unspecified atom stereocenters. The summed E-state index contributed by atoms with van der Waals surface area (Å²) in [6.45, 7) is 2.66. The van der Waals surface area contributed by atoms with Gasteiger partial charge in [-0.1, -0.05) is 12.1 Å². The predicted molar refractivity (Wildman–Crippen MR) is 74.8 cm³/mol. The highest BCUT2D eigenvalue weighted by molar-refractivity contribution is 5.74. The Morgan fingerprint density at radius 3 is 2.70 bits per heavy atom. The molecule has 20 heavy (non-hydrogen) atoms. The molecule has 0 radical (unpaired) electrons. The molecule has 0 heterocycles. The molecule has 0 bridgehead atoms. The number of aliphatic carboxylic acids is 1. The Hall–Kier alpha value is -2.24. The molecule has 1 aromatic rings. The molecule has 1 aromatic carbocycles. The van der Waals surface area contributed by atoms with Gasteiger partial charge in [0, 0.05) is 25.1 Å². The number of urea groups is 1. The SMILES string of the molecule is COc1cc(C)ccc1CNC(=O)NCCCC(=O)O. The number of carbonyl (C=O) groups is 2. The summed E-state index contributed by atoms with van der Waals surface area (Å²) in [5.74, 6) is -0.132. The number of carboxylic acids is 1. The zero-order valence-electron chi connectivity index (χ0n) is 11.7. The van der Waals surface area contributed by atoms with Gasteiger partial charge < -0.3 is 20.5 Å². The van der Waals surface area contributed by atoms with Crippen LogP contribution >= 0.6 is 0 Å². The second kappa shape index (κ2) is 8.04. The summed E-state index contributed by atoms with van der Waals surface area (Å²) >= 11 is 0. The molecule has 6 nitrogen and oxygen atoms in total. The molecule has 2 amide bonds. The van der Waals surface area contributed by atoms with Crippen LogP contribution in [0.5, 0.6) is 5.75 Å². The van der Waals surface area contributed by atoms with E-state index < -0.39 is 5.97 Å². The van der Waals surface area contributed by atoms with Gasteiger partial charge in [0.2, 0.25) is 0 Å². The van der Waals surface area contributed by atoms with Crippen molar-refractivity contribution in [2.75, 3.05) is 13.7 Å². The highest BCUT2D eigenvalue weighted by Crippen LogP contribution is 2.19. The fourth-order valence-electron chi connectivity index (χ4n) is 1.68. The minimum absolute atomic E-state index is 0.0477. The summed E-state index contributed by atoms with van der Waals surface area (Å²) in [5, 5.41) is 13.8. The highest BCUT2D eigenvalue weighted by atomic mass is 16.5. The minimum Gasteiger partial charge on any atom is -0.496 e. The van der Waals surface area contributed by atoms with Crippen LogP contribution in [0.2, 0.25) is 0 Å². The largest absolute Gasteiger partial charge is 0.496 e. The summed E-state index contributed by atoms with van der Waals surface area (Å²) < 4.78 is 5.25. The highest BCUT2D eigenvalue weighted by Gasteiger charge is 2.05. The van der Waals surface area contributed by atoms with E-state index in [-0.39, 0.29) is 12.5 Å². The van der Waals surface area contributed by atoms with Crippen LogP contribution < -0.4 is 15.4 Å². The topological polar surface area (TPSA) is 87.7 Å². The van der Waals surface area contributed by atoms with E-state index in [1.807, 2.05) is 25.1 Å². The van der Waals surface area contributed by atoms with E-state index in [0.29, 0.717) is 19.5 Å². The Balaban J connectivity index is 2.35. The summed E-state index contributed by atoms with van der Waals surface area (Å²) in [7, 11) is 1.59. The van der Waals surface area contributed by atoms with Gasteiger partial charge in [-0.2, -0.15) is 0 Å². The summed E-state index contributed by atoms with van der Waals surface area (Å²) in [4.78, 5) is 21.8. The fraction of sp³-hybridized carbons (Fsp3) is 0.429. The van der Waals surface area contributed by atoms with Gasteiger partial charge >= 0.3 is 12.0 Å². The second-order valence-electron chi connectivity index (χ2n) is 4.42. The molecule has 0 atom stereocenters. The number of hydrogen-bond acceptors (Lipinski definition) is 3. The van der Waals surface area contributed by atoms with Crippen molar-refractivity contribution >= 4 is 12.0 Å². The van der Waals surface area contributed by atoms with Crippen molar-refractivity contribution in [1.82, 2.24) is 10.6 Å². The van der Waals surface area contributed by atoms with E-state index in [2.05, 4.69) is 10.6 Å². The van der Waals surface area contributed by atoms with Crippen LogP contribution in [0.1, 0.15) is 24.0 Å². The van der Waals surface area contributed by atoms with E-state index in [1.165, 1.54) is 0 Å². The Kier molecular flexibility index (Phi) is 6.36. The van der Waals surface area contributed by atoms with Gasteiger partial charge in [0.05, 0.1) is 7.11 Å². The standard InChI is InChI=1S/C14H20N2O4/c1-10-5-6-11(12(8-10)20-2)9-16-14(19)15-7-3-4-13(17)18/h5-6,8H,3-4,7,9H2,1-2H3,(H,17,18)(H2,15,16,19). The monoisotopic (exact) mass is 280 g/mol. The van der Waals surface area contributed by atoms with E-state index in [9.17, 15) is 9.59 Å². The van der Waals surface area contributed by atoms with Gasteiger partial charge in [-0.05, 0) is 25.0 Å². The third-order valence-corrected chi connectivity index (χ3v) is 2.73. The molecule has 3 N–H and O–H groups in total. The zero-order chi connectivity index (χ0) is 15.0. The van der Waals surface area contributed by atoms with Crippen molar-refractivity contribution in [3.05, 3.63) is 29.3 Å². The van der Waals surface area contributed by atoms with Crippen LogP contribution in [-0.4, -0.2) is 30.8 Å². The lowest BCUT2D eigenvalue weighted by Crippen LogP contribution is -2.35. The molecule has 0 saturated heterocycles. The average Bonchev–Trinajstić information content (AvgIpc) is 2.41. The predicted octanol–water partition coefficient (Wildman–Crippen LogP) is 1.67. The molecular weight excluding hydrogens is 260 g/mol. The molecule has 0 aliphatic carbocycles. The molecule has 0 aliphatic heterocycles. The molecule has 0 aromatic heterocycles. The number of carbonyl (C=O) groups excluding carboxylic acids is 1. The third kappa shape index (κ3) is 5.60. The normalized spacial score (nSPS) is 9.90. The van der Waals surface area contributed by atoms with Gasteiger partial charge in [-0.25, -0.2) is 4.79 Å². The molecular formula is C14H20N2O4. The van der Waals surface area contributed by atoms with Crippen molar-refractivity contribution in [3.8, 4) is 5.75 Å². The maximum atomic E-state index is 11.5. The van der Waals surface area contributed by atoms with E-state index >= 15 is 0 Å². The van der Waals surface area contributed by atoms with Crippen LogP contribution in [0.4, 0.5) is 4.79 Å². The number of amides is 2. The quantitative estimate of drug-likeness (QED) is 0.663. The first kappa shape index (κ1) is 15.8. The Labute approximate surface area is 118 Å². The van der Waals surface area contributed by atoms with Crippen molar-refractivity contribution in [3.63, 3.8) is 0 Å². The molecule has 110 valence electrons. The van der Waals surface area contributed by atoms with Crippen LogP contribution in [-0.2, 0) is 11.3 Å². The summed E-state index contributed by atoms with van der Waals surface area (Å²) in [6.07, 6.45) is 0.461. The van der Waals surface area contributed by atoms with Crippen LogP contribution in [0.25, 0.3) is 0 Å². The number of benzene rings is 1. The van der Waals surface area contributed by atoms with Crippen LogP contribution in [0, 0.1) is 6.92 Å². The molecule has 0 fully saturated rings. The molecule has 1 rings (SSSR count). The van der Waals surface area contributed by atoms with Gasteiger partial charge in [0.1, 0.15) is 5.75 Å². The maximum Gasteiger partial charge on any atom is 0.315 e. The minimum atomic E-state index is -0.864. The average molecular weight is 280 g/mol. The maximum absolute atomic E-state index is 11.5. The first-order valence-corrected chi connectivity index (χ1v) is 6.40. The van der Waals surface area contributed by atoms with Gasteiger partial charge in [0.15, 0.2) is 0 Å². The Morgan fingerprint density at radius 1 is 1.30 bits per heavy atom. The fourth-order valence-corrected chi connectivity index (χ4v) is 1.68. The van der Waals surface area contributed by atoms with Crippen molar-refractivity contribution in [2.45, 2.75) is 26.3 Å². The van der Waals surface area contributed by atoms with Gasteiger partial charge in [0.25, 0.3) is 0 Å². The number of nitrogens with one attached hydrogen (secondary N) is 2. The van der Waals surface area contributed by atoms with Crippen molar-refractivity contribution in [2.24, 2.45) is 0 Å². The number of ether oxygens (including phenoxy) is 1. The Morgan fingerprint density at radius 2 is 2.05 bits per heavy atom. The van der Waals surface area contributed by atoms with E-state index in [4.69, 9.17) is 9.84 Å². The summed E-state index contributed by atoms with van der Waals surface area (Å²) in [5.41, 5.74) is 1.97. The van der Waals surface area contributed by atoms with Crippen LogP contribution in [0.15, 0.2) is 18.2 Å². The van der Waals surface area contributed by atoms with E-state index in [0.717, 1.165) is 16.9 Å². The molecule has 0 saturated carbocycles. The first-order valence-electron chi connectivity index (χ1n) is 6.40. The lowest BCUT2D eigenvalue weighted by Gasteiger charge is -2.11. The smallest absolute Gasteiger partial charge is 0.315 e. The zero-order valence-corrected chi connectivity index (χ0v) is 11.7. The lowest BCUT2D eigenvalue weighted by atomic mass is 10.1. The lowest BCUT2D eigenvalue weighted by molar-refractivity contribution is -0.137. The number of aryl methyl sites for hydroxylation is 1. The molecule has 0 spiro atoms. The van der Waals surface area contributed by atoms with Crippen molar-refractivity contribution < 1.29 is 19.4 Å². The third-order valence-electron chi connectivity index (χ3n) is 2.73. The van der Waals surface area contributed by atoms with E-state index in [1.54, 1.807) is 7.11 Å². The number of carboxylic acid groups (broad SMARTS) is 1. The number of methoxy groups -OCH3 is 1. The Bertz CT molecular complexity index is 474. The molecule has 6 heteroatoms. The van der Waals surface area contributed by atoms with Gasteiger partial charge in [-0.15, -0.1) is 0 Å².